The number of nitrogens with zero attached hydrogens (tertiary/aromatic N) is 2. The summed E-state index contributed by atoms with van der Waals surface area (Å²) in [5.74, 6) is -0.540. The van der Waals surface area contributed by atoms with Crippen LogP contribution in [0.3, 0.4) is 0 Å². The summed E-state index contributed by atoms with van der Waals surface area (Å²) in [6.45, 7) is -0.375. The van der Waals surface area contributed by atoms with Gasteiger partial charge in [-0.05, 0) is 0 Å². The first kappa shape index (κ1) is 20.8. The second kappa shape index (κ2) is 8.61. The van der Waals surface area contributed by atoms with E-state index in [0.717, 1.165) is 12.1 Å². The van der Waals surface area contributed by atoms with Gasteiger partial charge in [0.1, 0.15) is 17.9 Å². The smallest absolute Gasteiger partial charge is 0.345 e. The van der Waals surface area contributed by atoms with E-state index in [4.69, 9.17) is 23.7 Å². The molecule has 12 heteroatoms. The summed E-state index contributed by atoms with van der Waals surface area (Å²) >= 11 is 0. The quantitative estimate of drug-likeness (QED) is 0.371. The standard InChI is InChI=1S/C18H16N2O10/c1-26-15-5-13(14(20(24)25)6-16(15)27-2)18(21)29-8-11-4-12(19(22)23)3-10-7-28-9-30-17(10)11/h3-6H,7-9H2,1-2H3. The third kappa shape index (κ3) is 4.07. The van der Waals surface area contributed by atoms with Gasteiger partial charge in [0, 0.05) is 29.3 Å². The van der Waals surface area contributed by atoms with Gasteiger partial charge in [-0.25, -0.2) is 4.79 Å². The third-order valence-corrected chi connectivity index (χ3v) is 4.26. The lowest BCUT2D eigenvalue weighted by Crippen LogP contribution is -2.15. The average Bonchev–Trinajstić information content (AvgIpc) is 2.75. The molecular weight excluding hydrogens is 404 g/mol. The second-order valence-electron chi connectivity index (χ2n) is 6.02. The molecule has 2 aromatic carbocycles. The lowest BCUT2D eigenvalue weighted by atomic mass is 10.1. The molecule has 0 unspecified atom stereocenters. The number of non-ortho nitro benzene ring substituents is 1. The molecule has 158 valence electrons. The fraction of sp³-hybridized carbons (Fsp3) is 0.278. The Morgan fingerprint density at radius 3 is 2.40 bits per heavy atom. The van der Waals surface area contributed by atoms with Gasteiger partial charge in [0.15, 0.2) is 18.3 Å². The van der Waals surface area contributed by atoms with Crippen LogP contribution in [0.1, 0.15) is 21.5 Å². The number of hydrogen-bond donors (Lipinski definition) is 0. The lowest BCUT2D eigenvalue weighted by molar-refractivity contribution is -0.385. The van der Waals surface area contributed by atoms with Gasteiger partial charge in [0.2, 0.25) is 0 Å². The Labute approximate surface area is 169 Å². The topological polar surface area (TPSA) is 150 Å². The number of rotatable bonds is 7. The number of benzene rings is 2. The predicted octanol–water partition coefficient (Wildman–Crippen LogP) is 2.74. The van der Waals surface area contributed by atoms with E-state index in [1.807, 2.05) is 0 Å². The highest BCUT2D eigenvalue weighted by atomic mass is 16.7. The van der Waals surface area contributed by atoms with Crippen molar-refractivity contribution in [2.24, 2.45) is 0 Å². The molecule has 1 heterocycles. The van der Waals surface area contributed by atoms with Crippen molar-refractivity contribution >= 4 is 17.3 Å². The van der Waals surface area contributed by atoms with Crippen LogP contribution in [0.2, 0.25) is 0 Å². The molecule has 0 aromatic heterocycles. The summed E-state index contributed by atoms with van der Waals surface area (Å²) < 4.78 is 25.8. The molecule has 1 aliphatic rings. The molecule has 2 aromatic rings. The van der Waals surface area contributed by atoms with Gasteiger partial charge >= 0.3 is 5.97 Å². The van der Waals surface area contributed by atoms with Crippen LogP contribution in [0, 0.1) is 20.2 Å². The largest absolute Gasteiger partial charge is 0.493 e. The van der Waals surface area contributed by atoms with E-state index in [0.29, 0.717) is 11.3 Å². The van der Waals surface area contributed by atoms with Crippen molar-refractivity contribution in [2.45, 2.75) is 13.2 Å². The van der Waals surface area contributed by atoms with E-state index < -0.39 is 28.1 Å². The van der Waals surface area contributed by atoms with Gasteiger partial charge in [0.05, 0.1) is 36.7 Å². The zero-order chi connectivity index (χ0) is 21.8. The summed E-state index contributed by atoms with van der Waals surface area (Å²) in [5.41, 5.74) is -0.465. The molecule has 0 atom stereocenters. The van der Waals surface area contributed by atoms with Crippen molar-refractivity contribution in [3.8, 4) is 17.2 Å². The summed E-state index contributed by atoms with van der Waals surface area (Å²) in [6, 6.07) is 4.69. The molecule has 0 amide bonds. The van der Waals surface area contributed by atoms with Crippen molar-refractivity contribution in [3.05, 3.63) is 61.2 Å². The fourth-order valence-corrected chi connectivity index (χ4v) is 2.90. The number of nitro benzene ring substituents is 2. The first-order valence-corrected chi connectivity index (χ1v) is 8.44. The van der Waals surface area contributed by atoms with E-state index in [1.165, 1.54) is 26.4 Å². The van der Waals surface area contributed by atoms with Gasteiger partial charge < -0.3 is 23.7 Å². The maximum atomic E-state index is 12.6. The van der Waals surface area contributed by atoms with Crippen molar-refractivity contribution in [1.82, 2.24) is 0 Å². The first-order chi connectivity index (χ1) is 14.3. The Bertz CT molecular complexity index is 1020. The molecular formula is C18H16N2O10. The molecule has 3 rings (SSSR count). The number of methoxy groups -OCH3 is 2. The van der Waals surface area contributed by atoms with Crippen LogP contribution in [0.4, 0.5) is 11.4 Å². The maximum Gasteiger partial charge on any atom is 0.345 e. The molecule has 0 radical (unpaired) electrons. The SMILES string of the molecule is COc1cc(C(=O)OCc2cc([N+](=O)[O-])cc3c2OCOC3)c([N+](=O)[O-])cc1OC. The molecule has 0 bridgehead atoms. The van der Waals surface area contributed by atoms with Crippen LogP contribution < -0.4 is 14.2 Å². The number of esters is 1. The Morgan fingerprint density at radius 1 is 1.07 bits per heavy atom. The van der Waals surface area contributed by atoms with Crippen molar-refractivity contribution in [3.63, 3.8) is 0 Å². The zero-order valence-electron chi connectivity index (χ0n) is 15.9. The molecule has 0 aliphatic carbocycles. The Morgan fingerprint density at radius 2 is 1.77 bits per heavy atom. The number of nitro groups is 2. The van der Waals surface area contributed by atoms with Gasteiger partial charge in [-0.2, -0.15) is 0 Å². The molecule has 0 N–H and O–H groups in total. The number of carbonyl (C=O) groups excluding carboxylic acids is 1. The number of carbonyl (C=O) groups is 1. The molecule has 12 nitrogen and oxygen atoms in total. The highest BCUT2D eigenvalue weighted by molar-refractivity contribution is 5.95. The van der Waals surface area contributed by atoms with Gasteiger partial charge in [-0.1, -0.05) is 0 Å². The van der Waals surface area contributed by atoms with Gasteiger partial charge in [0.25, 0.3) is 11.4 Å². The first-order valence-electron chi connectivity index (χ1n) is 8.44. The molecule has 0 saturated carbocycles. The third-order valence-electron chi connectivity index (χ3n) is 4.26. The van der Waals surface area contributed by atoms with Crippen LogP contribution in [-0.2, 0) is 22.7 Å². The normalized spacial score (nSPS) is 12.3. The summed E-state index contributed by atoms with van der Waals surface area (Å²) in [7, 11) is 2.61. The van der Waals surface area contributed by atoms with Crippen molar-refractivity contribution < 1.29 is 38.3 Å². The number of hydrogen-bond acceptors (Lipinski definition) is 10. The van der Waals surface area contributed by atoms with Gasteiger partial charge in [-0.15, -0.1) is 0 Å². The maximum absolute atomic E-state index is 12.6. The molecule has 0 spiro atoms. The Kier molecular flexibility index (Phi) is 5.97. The number of ether oxygens (including phenoxy) is 5. The van der Waals surface area contributed by atoms with Crippen LogP contribution in [0.15, 0.2) is 24.3 Å². The summed E-state index contributed by atoms with van der Waals surface area (Å²) in [5, 5.41) is 22.5. The minimum Gasteiger partial charge on any atom is -0.493 e. The van der Waals surface area contributed by atoms with Gasteiger partial charge in [-0.3, -0.25) is 20.2 Å². The minimum atomic E-state index is -1.02. The molecule has 30 heavy (non-hydrogen) atoms. The van der Waals surface area contributed by atoms with E-state index in [-0.39, 0.29) is 41.7 Å². The molecule has 1 aliphatic heterocycles. The minimum absolute atomic E-state index is 0.0626. The molecule has 0 fully saturated rings. The predicted molar refractivity (Wildman–Crippen MR) is 98.7 cm³/mol. The Hall–Kier alpha value is -3.93. The van der Waals surface area contributed by atoms with Crippen LogP contribution in [0.5, 0.6) is 17.2 Å². The average molecular weight is 420 g/mol. The zero-order valence-corrected chi connectivity index (χ0v) is 15.9. The number of fused-ring (bicyclic) bond motifs is 1. The van der Waals surface area contributed by atoms with Crippen molar-refractivity contribution in [2.75, 3.05) is 21.0 Å². The van der Waals surface area contributed by atoms with Crippen molar-refractivity contribution in [1.29, 1.82) is 0 Å². The highest BCUT2D eigenvalue weighted by Crippen LogP contribution is 2.36. The monoisotopic (exact) mass is 420 g/mol. The summed E-state index contributed by atoms with van der Waals surface area (Å²) in [4.78, 5) is 33.8. The molecule has 0 saturated heterocycles. The van der Waals surface area contributed by atoms with E-state index >= 15 is 0 Å². The lowest BCUT2D eigenvalue weighted by Gasteiger charge is -2.20. The highest BCUT2D eigenvalue weighted by Gasteiger charge is 2.27. The van der Waals surface area contributed by atoms with Crippen LogP contribution in [0.25, 0.3) is 0 Å². The fourth-order valence-electron chi connectivity index (χ4n) is 2.90. The van der Waals surface area contributed by atoms with E-state index in [9.17, 15) is 25.0 Å². The van der Waals surface area contributed by atoms with Crippen LogP contribution >= 0.6 is 0 Å². The Balaban J connectivity index is 1.92. The van der Waals surface area contributed by atoms with E-state index in [2.05, 4.69) is 0 Å². The second-order valence-corrected chi connectivity index (χ2v) is 6.02. The van der Waals surface area contributed by atoms with E-state index in [1.54, 1.807) is 0 Å². The summed E-state index contributed by atoms with van der Waals surface area (Å²) in [6.07, 6.45) is 0. The van der Waals surface area contributed by atoms with Crippen LogP contribution in [-0.4, -0.2) is 36.8 Å².